The average Bonchev–Trinajstić information content (AvgIpc) is 2.83. The number of alkyl halides is 6. The summed E-state index contributed by atoms with van der Waals surface area (Å²) in [5.41, 5.74) is -0.209. The molecule has 0 unspecified atom stereocenters. The highest BCUT2D eigenvalue weighted by Crippen LogP contribution is 2.32. The number of nitro benzene ring substituents is 1. The lowest BCUT2D eigenvalue weighted by Crippen LogP contribution is -2.16. The first-order valence-electron chi connectivity index (χ1n) is 5.81. The molecule has 2 aromatic rings. The van der Waals surface area contributed by atoms with Crippen LogP contribution in [-0.4, -0.2) is 19.7 Å². The van der Waals surface area contributed by atoms with Crippen LogP contribution in [0.5, 0.6) is 0 Å². The van der Waals surface area contributed by atoms with Gasteiger partial charge in [-0.1, -0.05) is 12.1 Å². The van der Waals surface area contributed by atoms with E-state index in [9.17, 15) is 36.5 Å². The van der Waals surface area contributed by atoms with Crippen LogP contribution in [0, 0.1) is 10.1 Å². The van der Waals surface area contributed by atoms with E-state index < -0.39 is 35.5 Å². The second-order valence-electron chi connectivity index (χ2n) is 4.34. The van der Waals surface area contributed by atoms with E-state index in [-0.39, 0.29) is 15.9 Å². The van der Waals surface area contributed by atoms with Crippen molar-refractivity contribution >= 4 is 5.69 Å². The fourth-order valence-corrected chi connectivity index (χ4v) is 1.68. The first-order valence-corrected chi connectivity index (χ1v) is 5.81. The van der Waals surface area contributed by atoms with Gasteiger partial charge in [-0.15, -0.1) is 5.10 Å². The standard InChI is InChI=1S/C11H6F6N4O2/c12-10(13,14)8-18-9(11(15,16)17)20(19-8)5-6-1-3-7(4-2-6)21(22)23/h1-4H,5H2. The predicted octanol–water partition coefficient (Wildman–Crippen LogP) is 3.27. The zero-order valence-corrected chi connectivity index (χ0v) is 10.9. The lowest BCUT2D eigenvalue weighted by atomic mass is 10.2. The molecule has 0 aliphatic heterocycles. The first-order chi connectivity index (χ1) is 10.5. The minimum atomic E-state index is -5.13. The third-order valence-electron chi connectivity index (χ3n) is 2.66. The Morgan fingerprint density at radius 2 is 1.61 bits per heavy atom. The lowest BCUT2D eigenvalue weighted by molar-refractivity contribution is -0.384. The van der Waals surface area contributed by atoms with E-state index in [2.05, 4.69) is 10.1 Å². The van der Waals surface area contributed by atoms with Gasteiger partial charge in [-0.05, 0) is 5.56 Å². The monoisotopic (exact) mass is 340 g/mol. The molecule has 0 saturated carbocycles. The number of benzene rings is 1. The Morgan fingerprint density at radius 3 is 2.04 bits per heavy atom. The Hall–Kier alpha value is -2.66. The van der Waals surface area contributed by atoms with Crippen LogP contribution in [0.25, 0.3) is 0 Å². The van der Waals surface area contributed by atoms with E-state index >= 15 is 0 Å². The summed E-state index contributed by atoms with van der Waals surface area (Å²) >= 11 is 0. The van der Waals surface area contributed by atoms with Crippen molar-refractivity contribution < 1.29 is 31.3 Å². The topological polar surface area (TPSA) is 73.8 Å². The zero-order valence-electron chi connectivity index (χ0n) is 10.9. The molecule has 6 nitrogen and oxygen atoms in total. The van der Waals surface area contributed by atoms with Gasteiger partial charge < -0.3 is 0 Å². The zero-order chi connectivity index (χ0) is 17.4. The van der Waals surface area contributed by atoms with E-state index in [1.54, 1.807) is 0 Å². The number of non-ortho nitro benzene ring substituents is 1. The van der Waals surface area contributed by atoms with Crippen molar-refractivity contribution in [1.29, 1.82) is 0 Å². The van der Waals surface area contributed by atoms with E-state index in [1.807, 2.05) is 0 Å². The maximum absolute atomic E-state index is 12.7. The summed E-state index contributed by atoms with van der Waals surface area (Å²) in [5, 5.41) is 13.3. The van der Waals surface area contributed by atoms with Crippen molar-refractivity contribution in [1.82, 2.24) is 14.8 Å². The summed E-state index contributed by atoms with van der Waals surface area (Å²) in [7, 11) is 0. The van der Waals surface area contributed by atoms with Gasteiger partial charge in [-0.25, -0.2) is 4.68 Å². The van der Waals surface area contributed by atoms with Crippen LogP contribution in [-0.2, 0) is 18.9 Å². The maximum Gasteiger partial charge on any atom is 0.453 e. The summed E-state index contributed by atoms with van der Waals surface area (Å²) in [4.78, 5) is 12.2. The van der Waals surface area contributed by atoms with Crippen molar-refractivity contribution in [3.63, 3.8) is 0 Å². The van der Waals surface area contributed by atoms with Gasteiger partial charge in [0.1, 0.15) is 0 Å². The van der Waals surface area contributed by atoms with Crippen LogP contribution in [0.3, 0.4) is 0 Å². The van der Waals surface area contributed by atoms with Crippen LogP contribution in [0.1, 0.15) is 17.2 Å². The van der Waals surface area contributed by atoms with Gasteiger partial charge in [0.05, 0.1) is 11.5 Å². The van der Waals surface area contributed by atoms with Gasteiger partial charge in [-0.3, -0.25) is 10.1 Å². The smallest absolute Gasteiger partial charge is 0.258 e. The summed E-state index contributed by atoms with van der Waals surface area (Å²) in [6, 6.07) is 4.27. The maximum atomic E-state index is 12.7. The molecule has 0 bridgehead atoms. The van der Waals surface area contributed by atoms with Gasteiger partial charge in [0.25, 0.3) is 11.5 Å². The molecule has 0 N–H and O–H groups in total. The van der Waals surface area contributed by atoms with Crippen LogP contribution in [0.2, 0.25) is 0 Å². The number of hydrogen-bond acceptors (Lipinski definition) is 4. The number of halogens is 6. The van der Waals surface area contributed by atoms with Gasteiger partial charge in [-0.2, -0.15) is 31.3 Å². The molecular formula is C11H6F6N4O2. The van der Waals surface area contributed by atoms with Crippen molar-refractivity contribution in [2.75, 3.05) is 0 Å². The molecular weight excluding hydrogens is 334 g/mol. The SMILES string of the molecule is O=[N+]([O-])c1ccc(Cn2nc(C(F)(F)F)nc2C(F)(F)F)cc1. The fourth-order valence-electron chi connectivity index (χ4n) is 1.68. The first kappa shape index (κ1) is 16.7. The molecule has 1 heterocycles. The molecule has 0 amide bonds. The largest absolute Gasteiger partial charge is 0.453 e. The van der Waals surface area contributed by atoms with E-state index in [0.717, 1.165) is 24.3 Å². The summed E-state index contributed by atoms with van der Waals surface area (Å²) in [6.45, 7) is -0.671. The van der Waals surface area contributed by atoms with Crippen LogP contribution in [0.4, 0.5) is 32.0 Å². The van der Waals surface area contributed by atoms with Crippen molar-refractivity contribution in [2.45, 2.75) is 18.9 Å². The van der Waals surface area contributed by atoms with Gasteiger partial charge in [0.15, 0.2) is 0 Å². The normalized spacial score (nSPS) is 12.4. The summed E-state index contributed by atoms with van der Waals surface area (Å²) < 4.78 is 75.7. The van der Waals surface area contributed by atoms with Crippen molar-refractivity contribution in [2.24, 2.45) is 0 Å². The minimum Gasteiger partial charge on any atom is -0.258 e. The van der Waals surface area contributed by atoms with E-state index in [4.69, 9.17) is 0 Å². The van der Waals surface area contributed by atoms with Crippen LogP contribution >= 0.6 is 0 Å². The Kier molecular flexibility index (Phi) is 4.01. The Morgan fingerprint density at radius 1 is 1.04 bits per heavy atom. The second-order valence-corrected chi connectivity index (χ2v) is 4.34. The summed E-state index contributed by atoms with van der Waals surface area (Å²) in [6.07, 6.45) is -10.3. The highest BCUT2D eigenvalue weighted by molar-refractivity contribution is 5.33. The molecule has 0 fully saturated rings. The lowest BCUT2D eigenvalue weighted by Gasteiger charge is -2.08. The van der Waals surface area contributed by atoms with Crippen LogP contribution < -0.4 is 0 Å². The second kappa shape index (κ2) is 5.52. The van der Waals surface area contributed by atoms with Crippen molar-refractivity contribution in [3.05, 3.63) is 51.6 Å². The number of rotatable bonds is 3. The molecule has 23 heavy (non-hydrogen) atoms. The molecule has 0 aliphatic rings. The Balaban J connectivity index is 2.38. The Bertz CT molecular complexity index is 720. The number of hydrogen-bond donors (Lipinski definition) is 0. The third-order valence-corrected chi connectivity index (χ3v) is 2.66. The molecule has 0 atom stereocenters. The summed E-state index contributed by atoms with van der Waals surface area (Å²) in [5.74, 6) is -3.71. The quantitative estimate of drug-likeness (QED) is 0.488. The molecule has 1 aromatic heterocycles. The molecule has 124 valence electrons. The highest BCUT2D eigenvalue weighted by atomic mass is 19.4. The van der Waals surface area contributed by atoms with Gasteiger partial charge >= 0.3 is 12.4 Å². The van der Waals surface area contributed by atoms with E-state index in [1.165, 1.54) is 0 Å². The van der Waals surface area contributed by atoms with Gasteiger partial charge in [0.2, 0.25) is 5.82 Å². The number of nitrogens with zero attached hydrogens (tertiary/aromatic N) is 4. The molecule has 0 saturated heterocycles. The highest BCUT2D eigenvalue weighted by Gasteiger charge is 2.43. The van der Waals surface area contributed by atoms with Crippen LogP contribution in [0.15, 0.2) is 24.3 Å². The predicted molar refractivity (Wildman–Crippen MR) is 62.2 cm³/mol. The molecule has 2 rings (SSSR count). The average molecular weight is 340 g/mol. The Labute approximate surface area is 123 Å². The number of aromatic nitrogens is 3. The number of nitro groups is 1. The van der Waals surface area contributed by atoms with Crippen molar-refractivity contribution in [3.8, 4) is 0 Å². The molecule has 1 aromatic carbocycles. The molecule has 12 heteroatoms. The minimum absolute atomic E-state index is 0.0595. The molecule has 0 aliphatic carbocycles. The molecule has 0 radical (unpaired) electrons. The fraction of sp³-hybridized carbons (Fsp3) is 0.273. The third kappa shape index (κ3) is 3.76. The van der Waals surface area contributed by atoms with Gasteiger partial charge in [0, 0.05) is 12.1 Å². The van der Waals surface area contributed by atoms with E-state index in [0.29, 0.717) is 0 Å². The molecule has 0 spiro atoms.